The quantitative estimate of drug-likeness (QED) is 0.480. The van der Waals surface area contributed by atoms with Gasteiger partial charge in [0.1, 0.15) is 5.75 Å². The van der Waals surface area contributed by atoms with E-state index in [1.165, 1.54) is 24.9 Å². The van der Waals surface area contributed by atoms with E-state index in [0.29, 0.717) is 26.8 Å². The number of ether oxygens (including phenoxy) is 1. The molecular formula is C20H16N2O4S. The number of nitrogens with zero attached hydrogens (tertiary/aromatic N) is 1. The molecule has 0 spiro atoms. The molecule has 0 saturated carbocycles. The summed E-state index contributed by atoms with van der Waals surface area (Å²) >= 11 is 1.18. The highest BCUT2D eigenvalue weighted by atomic mass is 32.2. The van der Waals surface area contributed by atoms with Gasteiger partial charge in [-0.05, 0) is 30.3 Å². The summed E-state index contributed by atoms with van der Waals surface area (Å²) in [7, 11) is 1.53. The van der Waals surface area contributed by atoms with Crippen LogP contribution in [-0.2, 0) is 0 Å². The fourth-order valence-corrected chi connectivity index (χ4v) is 3.54. The smallest absolute Gasteiger partial charge is 0.283 e. The molecular weight excluding hydrogens is 364 g/mol. The lowest BCUT2D eigenvalue weighted by atomic mass is 10.2. The lowest BCUT2D eigenvalue weighted by Crippen LogP contribution is -2.13. The number of nitrogens with one attached hydrogen (secondary N) is 1. The average Bonchev–Trinajstić information content (AvgIpc) is 2.69. The van der Waals surface area contributed by atoms with Gasteiger partial charge >= 0.3 is 0 Å². The van der Waals surface area contributed by atoms with Crippen molar-refractivity contribution in [1.29, 1.82) is 0 Å². The molecule has 0 saturated heterocycles. The summed E-state index contributed by atoms with van der Waals surface area (Å²) in [6.45, 7) is 0. The van der Waals surface area contributed by atoms with Gasteiger partial charge in [0.05, 0.1) is 28.2 Å². The molecule has 3 rings (SSSR count). The van der Waals surface area contributed by atoms with Crippen LogP contribution in [0.25, 0.3) is 0 Å². The Labute approximate surface area is 160 Å². The van der Waals surface area contributed by atoms with Crippen molar-refractivity contribution in [1.82, 2.24) is 0 Å². The van der Waals surface area contributed by atoms with Gasteiger partial charge in [-0.1, -0.05) is 48.2 Å². The van der Waals surface area contributed by atoms with E-state index < -0.39 is 4.92 Å². The Bertz CT molecular complexity index is 991. The summed E-state index contributed by atoms with van der Waals surface area (Å²) in [5.41, 5.74) is 0.976. The zero-order chi connectivity index (χ0) is 19.2. The molecule has 27 heavy (non-hydrogen) atoms. The second-order valence-corrected chi connectivity index (χ2v) is 6.56. The zero-order valence-corrected chi connectivity index (χ0v) is 15.2. The first-order chi connectivity index (χ1) is 13.1. The highest BCUT2D eigenvalue weighted by molar-refractivity contribution is 7.99. The number of hydrogen-bond donors (Lipinski definition) is 1. The van der Waals surface area contributed by atoms with Crippen molar-refractivity contribution in [2.24, 2.45) is 0 Å². The van der Waals surface area contributed by atoms with Crippen LogP contribution in [0.4, 0.5) is 11.4 Å². The van der Waals surface area contributed by atoms with Gasteiger partial charge in [-0.25, -0.2) is 0 Å². The summed E-state index contributed by atoms with van der Waals surface area (Å²) in [6, 6.07) is 20.5. The lowest BCUT2D eigenvalue weighted by Gasteiger charge is -2.12. The first-order valence-electron chi connectivity index (χ1n) is 8.05. The topological polar surface area (TPSA) is 81.5 Å². The Kier molecular flexibility index (Phi) is 5.73. The van der Waals surface area contributed by atoms with Crippen molar-refractivity contribution in [2.75, 3.05) is 12.4 Å². The van der Waals surface area contributed by atoms with Crippen LogP contribution >= 0.6 is 11.8 Å². The summed E-state index contributed by atoms with van der Waals surface area (Å²) in [5, 5.41) is 14.1. The Morgan fingerprint density at radius 1 is 0.963 bits per heavy atom. The third-order valence-corrected chi connectivity index (χ3v) is 4.91. The number of hydrogen-bond acceptors (Lipinski definition) is 5. The van der Waals surface area contributed by atoms with Crippen molar-refractivity contribution < 1.29 is 14.5 Å². The normalized spacial score (nSPS) is 10.3. The van der Waals surface area contributed by atoms with E-state index >= 15 is 0 Å². The zero-order valence-electron chi connectivity index (χ0n) is 14.4. The fraction of sp³-hybridized carbons (Fsp3) is 0.0500. The summed E-state index contributed by atoms with van der Waals surface area (Å²) in [5.74, 6) is 0.232. The molecule has 3 aromatic carbocycles. The predicted octanol–water partition coefficient (Wildman–Crippen LogP) is 5.01. The first kappa shape index (κ1) is 18.5. The largest absolute Gasteiger partial charge is 0.495 e. The number of methoxy groups -OCH3 is 1. The fourth-order valence-electron chi connectivity index (χ4n) is 2.49. The molecule has 7 heteroatoms. The number of rotatable bonds is 6. The second-order valence-electron chi connectivity index (χ2n) is 5.48. The molecule has 136 valence electrons. The maximum absolute atomic E-state index is 12.8. The number of carbonyl (C=O) groups excluding carboxylic acids is 1. The van der Waals surface area contributed by atoms with E-state index in [-0.39, 0.29) is 11.6 Å². The van der Waals surface area contributed by atoms with Crippen LogP contribution < -0.4 is 10.1 Å². The Balaban J connectivity index is 1.90. The molecule has 0 aromatic heterocycles. The number of para-hydroxylation sites is 3. The van der Waals surface area contributed by atoms with Crippen LogP contribution in [-0.4, -0.2) is 17.9 Å². The van der Waals surface area contributed by atoms with Crippen LogP contribution in [0.1, 0.15) is 10.4 Å². The molecule has 0 unspecified atom stereocenters. The van der Waals surface area contributed by atoms with Gasteiger partial charge in [-0.15, -0.1) is 0 Å². The van der Waals surface area contributed by atoms with E-state index in [1.807, 2.05) is 6.07 Å². The number of amides is 1. The second kappa shape index (κ2) is 8.37. The Hall–Kier alpha value is -3.32. The van der Waals surface area contributed by atoms with Gasteiger partial charge in [0, 0.05) is 11.0 Å². The molecule has 0 radical (unpaired) electrons. The minimum absolute atomic E-state index is 0.00226. The highest BCUT2D eigenvalue weighted by Crippen LogP contribution is 2.36. The predicted molar refractivity (Wildman–Crippen MR) is 105 cm³/mol. The van der Waals surface area contributed by atoms with Gasteiger partial charge < -0.3 is 10.1 Å². The molecule has 0 aliphatic heterocycles. The lowest BCUT2D eigenvalue weighted by molar-refractivity contribution is -0.387. The van der Waals surface area contributed by atoms with Crippen LogP contribution in [0.5, 0.6) is 5.75 Å². The van der Waals surface area contributed by atoms with E-state index in [4.69, 9.17) is 4.74 Å². The maximum atomic E-state index is 12.8. The van der Waals surface area contributed by atoms with E-state index in [2.05, 4.69) is 5.32 Å². The number of anilines is 1. The number of nitro groups is 1. The molecule has 1 N–H and O–H groups in total. The molecule has 0 heterocycles. The van der Waals surface area contributed by atoms with Crippen molar-refractivity contribution in [3.8, 4) is 5.75 Å². The van der Waals surface area contributed by atoms with Gasteiger partial charge in [-0.3, -0.25) is 14.9 Å². The van der Waals surface area contributed by atoms with Crippen LogP contribution in [0.15, 0.2) is 82.6 Å². The van der Waals surface area contributed by atoms with Gasteiger partial charge in [-0.2, -0.15) is 0 Å². The van der Waals surface area contributed by atoms with Gasteiger partial charge in [0.2, 0.25) is 0 Å². The van der Waals surface area contributed by atoms with Crippen molar-refractivity contribution >= 4 is 29.0 Å². The van der Waals surface area contributed by atoms with Crippen molar-refractivity contribution in [3.63, 3.8) is 0 Å². The third kappa shape index (κ3) is 4.27. The van der Waals surface area contributed by atoms with E-state index in [0.717, 1.165) is 0 Å². The van der Waals surface area contributed by atoms with Gasteiger partial charge in [0.25, 0.3) is 11.6 Å². The molecule has 0 atom stereocenters. The number of nitro benzene ring substituents is 1. The Morgan fingerprint density at radius 2 is 1.59 bits per heavy atom. The molecule has 1 amide bonds. The highest BCUT2D eigenvalue weighted by Gasteiger charge is 2.18. The van der Waals surface area contributed by atoms with Crippen molar-refractivity contribution in [2.45, 2.75) is 9.79 Å². The summed E-state index contributed by atoms with van der Waals surface area (Å²) in [4.78, 5) is 24.7. The minimum Gasteiger partial charge on any atom is -0.495 e. The molecule has 0 aliphatic carbocycles. The summed E-state index contributed by atoms with van der Waals surface area (Å²) in [6.07, 6.45) is 0. The van der Waals surface area contributed by atoms with Crippen LogP contribution in [0.3, 0.4) is 0 Å². The SMILES string of the molecule is COc1ccccc1NC(=O)c1ccccc1Sc1ccccc1[N+](=O)[O-]. The monoisotopic (exact) mass is 380 g/mol. The molecule has 0 bridgehead atoms. The standard InChI is InChI=1S/C20H16N2O4S/c1-26-17-11-5-3-9-15(17)21-20(23)14-8-2-6-12-18(14)27-19-13-7-4-10-16(19)22(24)25/h2-13H,1H3,(H,21,23). The average molecular weight is 380 g/mol. The van der Waals surface area contributed by atoms with Gasteiger partial charge in [0.15, 0.2) is 0 Å². The molecule has 0 aliphatic rings. The maximum Gasteiger partial charge on any atom is 0.283 e. The number of benzene rings is 3. The number of carbonyl (C=O) groups is 1. The molecule has 3 aromatic rings. The van der Waals surface area contributed by atoms with Crippen molar-refractivity contribution in [3.05, 3.63) is 88.5 Å². The third-order valence-electron chi connectivity index (χ3n) is 3.77. The first-order valence-corrected chi connectivity index (χ1v) is 8.86. The molecule has 0 fully saturated rings. The minimum atomic E-state index is -0.431. The molecule has 6 nitrogen and oxygen atoms in total. The van der Waals surface area contributed by atoms with Crippen LogP contribution in [0.2, 0.25) is 0 Å². The van der Waals surface area contributed by atoms with E-state index in [1.54, 1.807) is 60.7 Å². The summed E-state index contributed by atoms with van der Waals surface area (Å²) < 4.78 is 5.26. The Morgan fingerprint density at radius 3 is 2.33 bits per heavy atom. The van der Waals surface area contributed by atoms with E-state index in [9.17, 15) is 14.9 Å². The van der Waals surface area contributed by atoms with Crippen LogP contribution in [0, 0.1) is 10.1 Å².